The van der Waals surface area contributed by atoms with Crippen LogP contribution in [-0.4, -0.2) is 47.0 Å². The van der Waals surface area contributed by atoms with Crippen molar-refractivity contribution in [2.24, 2.45) is 0 Å². The van der Waals surface area contributed by atoms with Gasteiger partial charge in [0.05, 0.1) is 25.2 Å². The maximum atomic E-state index is 11.6. The van der Waals surface area contributed by atoms with Crippen molar-refractivity contribution in [2.75, 3.05) is 14.2 Å². The van der Waals surface area contributed by atoms with Gasteiger partial charge in [0.1, 0.15) is 11.8 Å². The molecule has 1 saturated heterocycles. The molecule has 0 spiro atoms. The number of nitrogens with zero attached hydrogens (tertiary/aromatic N) is 1. The summed E-state index contributed by atoms with van der Waals surface area (Å²) in [6.45, 7) is 1.51. The Balaban J connectivity index is 2.32. The van der Waals surface area contributed by atoms with Crippen molar-refractivity contribution in [1.29, 1.82) is 0 Å². The molecular weight excluding hydrogens is 342 g/mol. The second kappa shape index (κ2) is 8.29. The minimum atomic E-state index is -0.895. The molecule has 25 heavy (non-hydrogen) atoms. The number of ether oxygens (including phenoxy) is 2. The molecule has 0 radical (unpaired) electrons. The van der Waals surface area contributed by atoms with E-state index in [9.17, 15) is 14.7 Å². The van der Waals surface area contributed by atoms with Gasteiger partial charge in [-0.05, 0) is 37.5 Å². The quantitative estimate of drug-likeness (QED) is 0.744. The number of Topliss-reactive ketones (excluding diaryl/α,β-unsaturated/α-hetero) is 1. The van der Waals surface area contributed by atoms with Crippen molar-refractivity contribution in [2.45, 2.75) is 44.7 Å². The predicted octanol–water partition coefficient (Wildman–Crippen LogP) is 2.99. The van der Waals surface area contributed by atoms with E-state index in [-0.39, 0.29) is 11.8 Å². The molecule has 136 valence electrons. The van der Waals surface area contributed by atoms with Crippen LogP contribution in [0.15, 0.2) is 18.2 Å². The summed E-state index contributed by atoms with van der Waals surface area (Å²) < 4.78 is 10.6. The molecule has 0 aromatic heterocycles. The molecule has 2 atom stereocenters. The van der Waals surface area contributed by atoms with E-state index in [4.69, 9.17) is 21.7 Å². The largest absolute Gasteiger partial charge is 0.493 e. The van der Waals surface area contributed by atoms with Gasteiger partial charge in [-0.25, -0.2) is 4.79 Å². The van der Waals surface area contributed by atoms with Gasteiger partial charge < -0.3 is 24.3 Å². The number of carboxylic acid groups (broad SMARTS) is 1. The van der Waals surface area contributed by atoms with E-state index in [1.165, 1.54) is 6.92 Å². The highest BCUT2D eigenvalue weighted by atomic mass is 32.1. The number of ketones is 1. The van der Waals surface area contributed by atoms with Gasteiger partial charge in [-0.1, -0.05) is 18.3 Å². The van der Waals surface area contributed by atoms with Crippen molar-refractivity contribution in [3.05, 3.63) is 23.8 Å². The lowest BCUT2D eigenvalue weighted by Gasteiger charge is -2.31. The predicted molar refractivity (Wildman–Crippen MR) is 97.3 cm³/mol. The lowest BCUT2D eigenvalue weighted by molar-refractivity contribution is -0.141. The molecule has 2 rings (SSSR count). The fourth-order valence-corrected chi connectivity index (χ4v) is 3.56. The van der Waals surface area contributed by atoms with Gasteiger partial charge in [0.2, 0.25) is 0 Å². The molecular formula is C18H23NO5S. The van der Waals surface area contributed by atoms with Crippen molar-refractivity contribution in [1.82, 2.24) is 4.90 Å². The number of hydrogen-bond donors (Lipinski definition) is 1. The Hall–Kier alpha value is -2.15. The minimum absolute atomic E-state index is 0.0380. The highest BCUT2D eigenvalue weighted by Gasteiger charge is 2.40. The topological polar surface area (TPSA) is 76.1 Å². The SMILES string of the molecule is COc1ccc(C2CC[C@@H](C(=O)O)N2C(=S)CCC(C)=O)cc1OC. The van der Waals surface area contributed by atoms with E-state index in [1.807, 2.05) is 12.1 Å². The lowest BCUT2D eigenvalue weighted by atomic mass is 10.0. The molecule has 1 N–H and O–H groups in total. The Morgan fingerprint density at radius 3 is 2.44 bits per heavy atom. The zero-order valence-corrected chi connectivity index (χ0v) is 15.5. The van der Waals surface area contributed by atoms with Gasteiger partial charge in [-0.3, -0.25) is 0 Å². The number of likely N-dealkylation sites (tertiary alicyclic amines) is 1. The molecule has 0 aliphatic carbocycles. The zero-order valence-electron chi connectivity index (χ0n) is 14.7. The van der Waals surface area contributed by atoms with E-state index in [2.05, 4.69) is 0 Å². The summed E-state index contributed by atoms with van der Waals surface area (Å²) in [6, 6.07) is 4.74. The number of methoxy groups -OCH3 is 2. The van der Waals surface area contributed by atoms with Gasteiger partial charge in [0.15, 0.2) is 11.5 Å². The number of benzene rings is 1. The Bertz CT molecular complexity index is 675. The van der Waals surface area contributed by atoms with Crippen LogP contribution in [0.1, 0.15) is 44.2 Å². The first kappa shape index (κ1) is 19.2. The Kier molecular flexibility index (Phi) is 6.36. The number of thiocarbonyl (C=S) groups is 1. The minimum Gasteiger partial charge on any atom is -0.493 e. The first-order valence-electron chi connectivity index (χ1n) is 8.14. The molecule has 1 aliphatic heterocycles. The van der Waals surface area contributed by atoms with E-state index in [0.717, 1.165) is 5.56 Å². The monoisotopic (exact) mass is 365 g/mol. The summed E-state index contributed by atoms with van der Waals surface area (Å²) in [5.74, 6) is 0.349. The molecule has 7 heteroatoms. The van der Waals surface area contributed by atoms with Crippen LogP contribution in [0.3, 0.4) is 0 Å². The highest BCUT2D eigenvalue weighted by Crippen LogP contribution is 2.40. The van der Waals surface area contributed by atoms with E-state index in [1.54, 1.807) is 25.2 Å². The summed E-state index contributed by atoms with van der Waals surface area (Å²) in [5, 5.41) is 9.54. The number of carboxylic acids is 1. The standard InChI is InChI=1S/C18H23NO5S/c1-11(20)4-9-17(25)19-13(6-7-14(19)18(21)22)12-5-8-15(23-2)16(10-12)24-3/h5,8,10,13-14H,4,6-7,9H2,1-3H3,(H,21,22)/t13?,14-/m0/s1. The normalized spacial score (nSPS) is 19.6. The van der Waals surface area contributed by atoms with Gasteiger partial charge >= 0.3 is 5.97 Å². The summed E-state index contributed by atoms with van der Waals surface area (Å²) >= 11 is 5.47. The van der Waals surface area contributed by atoms with E-state index < -0.39 is 12.0 Å². The summed E-state index contributed by atoms with van der Waals surface area (Å²) in [7, 11) is 3.13. The van der Waals surface area contributed by atoms with Crippen LogP contribution in [0.5, 0.6) is 11.5 Å². The molecule has 0 saturated carbocycles. The average molecular weight is 365 g/mol. The summed E-state index contributed by atoms with van der Waals surface area (Å²) in [5.41, 5.74) is 0.923. The van der Waals surface area contributed by atoms with Crippen LogP contribution in [-0.2, 0) is 9.59 Å². The van der Waals surface area contributed by atoms with Crippen molar-refractivity contribution in [3.63, 3.8) is 0 Å². The van der Waals surface area contributed by atoms with Gasteiger partial charge in [-0.15, -0.1) is 0 Å². The summed E-state index contributed by atoms with van der Waals surface area (Å²) in [4.78, 5) is 25.2. The fraction of sp³-hybridized carbons (Fsp3) is 0.500. The number of rotatable bonds is 7. The fourth-order valence-electron chi connectivity index (χ4n) is 3.20. The third-order valence-corrected chi connectivity index (χ3v) is 4.86. The van der Waals surface area contributed by atoms with Crippen LogP contribution >= 0.6 is 12.2 Å². The van der Waals surface area contributed by atoms with Crippen LogP contribution in [0.25, 0.3) is 0 Å². The average Bonchev–Trinajstić information content (AvgIpc) is 3.04. The van der Waals surface area contributed by atoms with E-state index >= 15 is 0 Å². The maximum absolute atomic E-state index is 11.6. The zero-order chi connectivity index (χ0) is 18.6. The van der Waals surface area contributed by atoms with Gasteiger partial charge in [-0.2, -0.15) is 0 Å². The van der Waals surface area contributed by atoms with Crippen molar-refractivity contribution in [3.8, 4) is 11.5 Å². The number of aliphatic carboxylic acids is 1. The van der Waals surface area contributed by atoms with Crippen LogP contribution in [0, 0.1) is 0 Å². The smallest absolute Gasteiger partial charge is 0.326 e. The molecule has 1 aromatic rings. The lowest BCUT2D eigenvalue weighted by Crippen LogP contribution is -2.41. The maximum Gasteiger partial charge on any atom is 0.326 e. The van der Waals surface area contributed by atoms with Gasteiger partial charge in [0.25, 0.3) is 0 Å². The molecule has 1 heterocycles. The Morgan fingerprint density at radius 1 is 1.20 bits per heavy atom. The van der Waals surface area contributed by atoms with Crippen LogP contribution in [0.2, 0.25) is 0 Å². The molecule has 0 bridgehead atoms. The first-order valence-corrected chi connectivity index (χ1v) is 8.55. The highest BCUT2D eigenvalue weighted by molar-refractivity contribution is 7.80. The van der Waals surface area contributed by atoms with E-state index in [0.29, 0.717) is 42.2 Å². The third kappa shape index (κ3) is 4.28. The Labute approximate surface area is 152 Å². The first-order chi connectivity index (χ1) is 11.9. The molecule has 0 amide bonds. The Morgan fingerprint density at radius 2 is 1.88 bits per heavy atom. The molecule has 1 aromatic carbocycles. The summed E-state index contributed by atoms with van der Waals surface area (Å²) in [6.07, 6.45) is 1.89. The van der Waals surface area contributed by atoms with Crippen LogP contribution < -0.4 is 9.47 Å². The van der Waals surface area contributed by atoms with Crippen LogP contribution in [0.4, 0.5) is 0 Å². The van der Waals surface area contributed by atoms with Gasteiger partial charge in [0, 0.05) is 12.8 Å². The third-order valence-electron chi connectivity index (χ3n) is 4.44. The molecule has 1 unspecified atom stereocenters. The number of carbonyl (C=O) groups is 2. The van der Waals surface area contributed by atoms with Crippen molar-refractivity contribution >= 4 is 29.0 Å². The van der Waals surface area contributed by atoms with Crippen molar-refractivity contribution < 1.29 is 24.2 Å². The number of hydrogen-bond acceptors (Lipinski definition) is 5. The number of carbonyl (C=O) groups excluding carboxylic acids is 1. The molecule has 1 aliphatic rings. The molecule has 1 fully saturated rings. The second-order valence-electron chi connectivity index (χ2n) is 6.06. The second-order valence-corrected chi connectivity index (χ2v) is 6.54. The molecule has 6 nitrogen and oxygen atoms in total.